The number of anilines is 1. The fourth-order valence-corrected chi connectivity index (χ4v) is 3.04. The van der Waals surface area contributed by atoms with Crippen molar-refractivity contribution in [2.45, 2.75) is 12.4 Å². The number of hydrogen-bond donors (Lipinski definition) is 1. The van der Waals surface area contributed by atoms with Crippen molar-refractivity contribution < 1.29 is 35.6 Å². The molecule has 11 heteroatoms. The molecule has 0 aliphatic rings. The molecule has 0 spiro atoms. The number of halogens is 8. The highest BCUT2D eigenvalue weighted by molar-refractivity contribution is 6.43. The van der Waals surface area contributed by atoms with Gasteiger partial charge in [0.2, 0.25) is 5.91 Å². The van der Waals surface area contributed by atoms with Crippen molar-refractivity contribution in [3.8, 4) is 11.3 Å². The molecular formula is C21H11Cl2F6NO2. The number of nitrogens with one attached hydrogen (secondary N) is 1. The van der Waals surface area contributed by atoms with Crippen molar-refractivity contribution in [3.63, 3.8) is 0 Å². The van der Waals surface area contributed by atoms with Crippen LogP contribution >= 0.6 is 23.2 Å². The number of carbonyl (C=O) groups is 1. The van der Waals surface area contributed by atoms with Crippen LogP contribution in [-0.4, -0.2) is 5.91 Å². The quantitative estimate of drug-likeness (QED) is 0.296. The Bertz CT molecular complexity index is 1150. The monoisotopic (exact) mass is 493 g/mol. The largest absolute Gasteiger partial charge is 0.457 e. The molecule has 1 amide bonds. The molecule has 2 aromatic carbocycles. The molecule has 0 atom stereocenters. The van der Waals surface area contributed by atoms with Gasteiger partial charge < -0.3 is 9.73 Å². The SMILES string of the molecule is O=C(C=Cc1ccc(-c2cccc(Cl)c2Cl)o1)Nc1cc(C(F)(F)F)cc(C(F)(F)F)c1. The average molecular weight is 494 g/mol. The molecule has 1 aromatic heterocycles. The number of benzene rings is 2. The highest BCUT2D eigenvalue weighted by Gasteiger charge is 2.37. The zero-order valence-corrected chi connectivity index (χ0v) is 17.1. The molecule has 1 N–H and O–H groups in total. The minimum Gasteiger partial charge on any atom is -0.457 e. The summed E-state index contributed by atoms with van der Waals surface area (Å²) in [6.07, 6.45) is -7.96. The van der Waals surface area contributed by atoms with Crippen LogP contribution in [0.1, 0.15) is 16.9 Å². The summed E-state index contributed by atoms with van der Waals surface area (Å²) in [5.74, 6) is -0.437. The van der Waals surface area contributed by atoms with Gasteiger partial charge in [-0.15, -0.1) is 0 Å². The van der Waals surface area contributed by atoms with Crippen LogP contribution in [0.25, 0.3) is 17.4 Å². The van der Waals surface area contributed by atoms with Crippen molar-refractivity contribution in [2.75, 3.05) is 5.32 Å². The zero-order valence-electron chi connectivity index (χ0n) is 15.6. The Hall–Kier alpha value is -2.91. The second-order valence-electron chi connectivity index (χ2n) is 6.42. The van der Waals surface area contributed by atoms with Crippen LogP contribution in [0.2, 0.25) is 10.0 Å². The summed E-state index contributed by atoms with van der Waals surface area (Å²) in [5, 5.41) is 2.54. The van der Waals surface area contributed by atoms with Gasteiger partial charge in [0.1, 0.15) is 11.5 Å². The molecule has 0 fully saturated rings. The number of amides is 1. The average Bonchev–Trinajstić information content (AvgIpc) is 3.16. The van der Waals surface area contributed by atoms with Crippen LogP contribution in [0, 0.1) is 0 Å². The van der Waals surface area contributed by atoms with E-state index in [1.807, 2.05) is 5.32 Å². The van der Waals surface area contributed by atoms with Crippen LogP contribution in [0.4, 0.5) is 32.0 Å². The van der Waals surface area contributed by atoms with E-state index < -0.39 is 35.1 Å². The van der Waals surface area contributed by atoms with Gasteiger partial charge in [0, 0.05) is 17.3 Å². The third kappa shape index (κ3) is 5.66. The lowest BCUT2D eigenvalue weighted by molar-refractivity contribution is -0.143. The van der Waals surface area contributed by atoms with Crippen molar-refractivity contribution >= 4 is 40.9 Å². The fourth-order valence-electron chi connectivity index (χ4n) is 2.65. The smallest absolute Gasteiger partial charge is 0.416 e. The number of carbonyl (C=O) groups excluding carboxylic acids is 1. The van der Waals surface area contributed by atoms with Crippen molar-refractivity contribution in [2.24, 2.45) is 0 Å². The number of rotatable bonds is 4. The van der Waals surface area contributed by atoms with E-state index >= 15 is 0 Å². The molecular weight excluding hydrogens is 483 g/mol. The van der Waals surface area contributed by atoms with Gasteiger partial charge in [-0.3, -0.25) is 4.79 Å². The van der Waals surface area contributed by atoms with Crippen molar-refractivity contribution in [1.29, 1.82) is 0 Å². The number of hydrogen-bond acceptors (Lipinski definition) is 2. The molecule has 0 saturated heterocycles. The Balaban J connectivity index is 1.79. The van der Waals surface area contributed by atoms with Gasteiger partial charge in [-0.25, -0.2) is 0 Å². The number of alkyl halides is 6. The van der Waals surface area contributed by atoms with Crippen LogP contribution in [0.5, 0.6) is 0 Å². The summed E-state index contributed by atoms with van der Waals surface area (Å²) in [7, 11) is 0. The topological polar surface area (TPSA) is 42.2 Å². The molecule has 0 unspecified atom stereocenters. The maximum Gasteiger partial charge on any atom is 0.416 e. The van der Waals surface area contributed by atoms with E-state index in [2.05, 4.69) is 0 Å². The number of furan rings is 1. The van der Waals surface area contributed by atoms with Crippen molar-refractivity contribution in [3.05, 3.63) is 81.5 Å². The van der Waals surface area contributed by atoms with Crippen LogP contribution in [0.15, 0.2) is 59.0 Å². The first-order valence-corrected chi connectivity index (χ1v) is 9.43. The predicted octanol–water partition coefficient (Wildman–Crippen LogP) is 7.94. The first-order chi connectivity index (χ1) is 14.8. The highest BCUT2D eigenvalue weighted by Crippen LogP contribution is 2.38. The highest BCUT2D eigenvalue weighted by atomic mass is 35.5. The summed E-state index contributed by atoms with van der Waals surface area (Å²) in [4.78, 5) is 12.0. The summed E-state index contributed by atoms with van der Waals surface area (Å²) in [5.41, 5.74) is -3.25. The van der Waals surface area contributed by atoms with Gasteiger partial charge in [0.05, 0.1) is 21.2 Å². The van der Waals surface area contributed by atoms with E-state index in [0.717, 1.165) is 6.08 Å². The van der Waals surface area contributed by atoms with Gasteiger partial charge >= 0.3 is 12.4 Å². The Kier molecular flexibility index (Phi) is 6.61. The maximum absolute atomic E-state index is 12.9. The van der Waals surface area contributed by atoms with Gasteiger partial charge in [0.15, 0.2) is 0 Å². The van der Waals surface area contributed by atoms with E-state index in [4.69, 9.17) is 27.6 Å². The summed E-state index contributed by atoms with van der Waals surface area (Å²) in [6, 6.07) is 8.72. The van der Waals surface area contributed by atoms with E-state index in [1.165, 1.54) is 12.1 Å². The molecule has 0 bridgehead atoms. The minimum atomic E-state index is -5.03. The summed E-state index contributed by atoms with van der Waals surface area (Å²) in [6.45, 7) is 0. The molecule has 0 saturated carbocycles. The summed E-state index contributed by atoms with van der Waals surface area (Å²) < 4.78 is 83.0. The minimum absolute atomic E-state index is 0.0309. The standard InChI is InChI=1S/C21H11Cl2F6NO2/c22-16-3-1-2-15(19(16)23)17-6-4-14(32-17)5-7-18(31)30-13-9-11(20(24,25)26)8-12(10-13)21(27,28)29/h1-10H,(H,30,31). The van der Waals surface area contributed by atoms with E-state index in [9.17, 15) is 31.1 Å². The molecule has 3 aromatic rings. The van der Waals surface area contributed by atoms with E-state index in [0.29, 0.717) is 28.5 Å². The summed E-state index contributed by atoms with van der Waals surface area (Å²) >= 11 is 12.1. The van der Waals surface area contributed by atoms with Gasteiger partial charge in [0.25, 0.3) is 0 Å². The zero-order chi connectivity index (χ0) is 23.7. The predicted molar refractivity (Wildman–Crippen MR) is 108 cm³/mol. The Morgan fingerprint density at radius 2 is 1.53 bits per heavy atom. The Labute approximate surface area is 187 Å². The Morgan fingerprint density at radius 3 is 2.12 bits per heavy atom. The first kappa shape index (κ1) is 23.7. The first-order valence-electron chi connectivity index (χ1n) is 8.67. The third-order valence-corrected chi connectivity index (χ3v) is 4.92. The lowest BCUT2D eigenvalue weighted by Gasteiger charge is -2.14. The van der Waals surface area contributed by atoms with Crippen LogP contribution in [0.3, 0.4) is 0 Å². The fraction of sp³-hybridized carbons (Fsp3) is 0.0952. The molecule has 3 nitrogen and oxygen atoms in total. The Morgan fingerprint density at radius 1 is 0.906 bits per heavy atom. The van der Waals surface area contributed by atoms with Crippen LogP contribution < -0.4 is 5.32 Å². The molecule has 3 rings (SSSR count). The third-order valence-electron chi connectivity index (χ3n) is 4.10. The molecule has 0 radical (unpaired) electrons. The van der Waals surface area contributed by atoms with E-state index in [-0.39, 0.29) is 16.8 Å². The van der Waals surface area contributed by atoms with Gasteiger partial charge in [-0.05, 0) is 48.5 Å². The molecule has 0 aliphatic heterocycles. The molecule has 0 aliphatic carbocycles. The van der Waals surface area contributed by atoms with Gasteiger partial charge in [-0.2, -0.15) is 26.3 Å². The van der Waals surface area contributed by atoms with Gasteiger partial charge in [-0.1, -0.05) is 29.3 Å². The second-order valence-corrected chi connectivity index (χ2v) is 7.21. The molecule has 1 heterocycles. The maximum atomic E-state index is 12.9. The molecule has 168 valence electrons. The lowest BCUT2D eigenvalue weighted by Crippen LogP contribution is -2.14. The lowest BCUT2D eigenvalue weighted by atomic mass is 10.1. The second kappa shape index (κ2) is 8.91. The van der Waals surface area contributed by atoms with Crippen LogP contribution in [-0.2, 0) is 17.1 Å². The van der Waals surface area contributed by atoms with Crippen molar-refractivity contribution in [1.82, 2.24) is 0 Å². The normalized spacial score (nSPS) is 12.4. The van der Waals surface area contributed by atoms with E-state index in [1.54, 1.807) is 24.3 Å². The molecule has 32 heavy (non-hydrogen) atoms.